The Kier molecular flexibility index (Phi) is 5.71. The summed E-state index contributed by atoms with van der Waals surface area (Å²) >= 11 is 12.1. The molecule has 4 rings (SSSR count). The number of carbonyl (C=O) groups excluding carboxylic acids is 1. The summed E-state index contributed by atoms with van der Waals surface area (Å²) in [6, 6.07) is 8.26. The van der Waals surface area contributed by atoms with Crippen LogP contribution in [0.5, 0.6) is 0 Å². The predicted molar refractivity (Wildman–Crippen MR) is 117 cm³/mol. The Morgan fingerprint density at radius 1 is 1.18 bits per heavy atom. The predicted octanol–water partition coefficient (Wildman–Crippen LogP) is 5.16. The van der Waals surface area contributed by atoms with Crippen molar-refractivity contribution in [2.45, 2.75) is 43.4 Å². The lowest BCUT2D eigenvalue weighted by molar-refractivity contribution is -0.253. The second kappa shape index (κ2) is 8.00. The number of hydrogen-bond acceptors (Lipinski definition) is 5. The van der Waals surface area contributed by atoms with Crippen molar-refractivity contribution < 1.29 is 27.6 Å². The van der Waals surface area contributed by atoms with Gasteiger partial charge in [0.15, 0.2) is 0 Å². The van der Waals surface area contributed by atoms with Crippen molar-refractivity contribution in [1.82, 2.24) is 5.16 Å². The second-order valence-corrected chi connectivity index (χ2v) is 9.05. The Balaban J connectivity index is 1.68. The average molecular weight is 501 g/mol. The highest BCUT2D eigenvalue weighted by molar-refractivity contribution is 6.35. The fourth-order valence-electron chi connectivity index (χ4n) is 3.95. The number of aryl methyl sites for hydroxylation is 1. The van der Waals surface area contributed by atoms with Crippen molar-refractivity contribution in [2.75, 3.05) is 5.32 Å². The smallest absolute Gasteiger partial charge is 0.373 e. The molecule has 0 bridgehead atoms. The molecule has 1 unspecified atom stereocenters. The molecule has 0 aliphatic heterocycles. The third-order valence-corrected chi connectivity index (χ3v) is 6.50. The van der Waals surface area contributed by atoms with Crippen LogP contribution < -0.4 is 10.9 Å². The van der Waals surface area contributed by atoms with Gasteiger partial charge >= 0.3 is 11.8 Å². The van der Waals surface area contributed by atoms with E-state index in [1.165, 1.54) is 43.3 Å². The number of rotatable bonds is 5. The van der Waals surface area contributed by atoms with E-state index >= 15 is 0 Å². The van der Waals surface area contributed by atoms with Crippen LogP contribution in [0.15, 0.2) is 45.7 Å². The molecule has 1 atom stereocenters. The number of halogens is 5. The second-order valence-electron chi connectivity index (χ2n) is 8.21. The average Bonchev–Trinajstić information content (AvgIpc) is 3.50. The molecule has 1 aromatic heterocycles. The van der Waals surface area contributed by atoms with Gasteiger partial charge in [0.2, 0.25) is 5.60 Å². The fourth-order valence-corrected chi connectivity index (χ4v) is 4.56. The Morgan fingerprint density at radius 3 is 2.48 bits per heavy atom. The van der Waals surface area contributed by atoms with E-state index < -0.39 is 35.1 Å². The highest BCUT2D eigenvalue weighted by atomic mass is 35.5. The number of aromatic nitrogens is 1. The van der Waals surface area contributed by atoms with Crippen LogP contribution >= 0.6 is 23.2 Å². The van der Waals surface area contributed by atoms with Crippen molar-refractivity contribution in [1.29, 1.82) is 0 Å². The highest BCUT2D eigenvalue weighted by Crippen LogP contribution is 2.57. The van der Waals surface area contributed by atoms with Gasteiger partial charge in [-0.25, -0.2) is 4.79 Å². The monoisotopic (exact) mass is 500 g/mol. The first kappa shape index (κ1) is 23.5. The van der Waals surface area contributed by atoms with Crippen molar-refractivity contribution in [3.8, 4) is 0 Å². The lowest BCUT2D eigenvalue weighted by atomic mass is 9.82. The molecule has 2 aromatic carbocycles. The van der Waals surface area contributed by atoms with Crippen molar-refractivity contribution in [3.63, 3.8) is 0 Å². The molecule has 1 aliphatic rings. The molecule has 0 radical (unpaired) electrons. The van der Waals surface area contributed by atoms with Crippen molar-refractivity contribution in [3.05, 3.63) is 68.1 Å². The van der Waals surface area contributed by atoms with Gasteiger partial charge in [0.25, 0.3) is 5.91 Å². The molecule has 1 fully saturated rings. The summed E-state index contributed by atoms with van der Waals surface area (Å²) < 4.78 is 46.7. The standard InChI is InChI=1S/C22H17Cl2F3N2O4/c1-11-15-9-13(3-4-14(15)18(30)33-29-11)28-19(31)21(32,22(25,26)27)10-20(6-7-20)16-5-2-12(23)8-17(16)24/h2-5,8-9,32H,6-7,10H2,1H3,(H,28,31). The van der Waals surface area contributed by atoms with E-state index in [-0.39, 0.29) is 16.1 Å². The number of carbonyl (C=O) groups is 1. The number of anilines is 1. The normalized spacial score (nSPS) is 16.9. The van der Waals surface area contributed by atoms with E-state index in [4.69, 9.17) is 23.2 Å². The Hall–Kier alpha value is -2.62. The molecule has 33 heavy (non-hydrogen) atoms. The molecule has 1 aliphatic carbocycles. The summed E-state index contributed by atoms with van der Waals surface area (Å²) in [4.78, 5) is 24.6. The maximum atomic E-state index is 14.0. The van der Waals surface area contributed by atoms with Gasteiger partial charge in [0, 0.05) is 33.0 Å². The van der Waals surface area contributed by atoms with Gasteiger partial charge in [-0.2, -0.15) is 13.2 Å². The Labute approximate surface area is 195 Å². The molecule has 1 saturated carbocycles. The molecule has 0 spiro atoms. The SMILES string of the molecule is Cc1noc(=O)c2ccc(NC(=O)C(O)(CC3(c4ccc(Cl)cc4Cl)CC3)C(F)(F)F)cc12. The molecular formula is C22H17Cl2F3N2O4. The maximum Gasteiger partial charge on any atom is 0.426 e. The molecule has 3 aromatic rings. The fraction of sp³-hybridized carbons (Fsp3) is 0.318. The number of alkyl halides is 3. The van der Waals surface area contributed by atoms with Crippen molar-refractivity contribution in [2.24, 2.45) is 0 Å². The molecule has 11 heteroatoms. The summed E-state index contributed by atoms with van der Waals surface area (Å²) in [7, 11) is 0. The van der Waals surface area contributed by atoms with E-state index in [1.807, 2.05) is 0 Å². The molecule has 174 valence electrons. The zero-order valence-electron chi connectivity index (χ0n) is 17.1. The minimum atomic E-state index is -5.26. The number of nitrogens with zero attached hydrogens (tertiary/aromatic N) is 1. The van der Waals surface area contributed by atoms with Gasteiger partial charge < -0.3 is 14.9 Å². The zero-order chi connectivity index (χ0) is 24.2. The molecule has 2 N–H and O–H groups in total. The van der Waals surface area contributed by atoms with E-state index in [9.17, 15) is 27.9 Å². The third kappa shape index (κ3) is 4.20. The largest absolute Gasteiger partial charge is 0.426 e. The molecule has 0 saturated heterocycles. The summed E-state index contributed by atoms with van der Waals surface area (Å²) in [5.74, 6) is -1.64. The van der Waals surface area contributed by atoms with Crippen LogP contribution in [0.2, 0.25) is 10.0 Å². The number of amides is 1. The summed E-state index contributed by atoms with van der Waals surface area (Å²) in [5, 5.41) is 17.3. The highest BCUT2D eigenvalue weighted by Gasteiger charge is 2.65. The summed E-state index contributed by atoms with van der Waals surface area (Å²) in [5.41, 5.74) is -4.88. The number of aliphatic hydroxyl groups is 1. The minimum Gasteiger partial charge on any atom is -0.373 e. The van der Waals surface area contributed by atoms with Gasteiger partial charge in [-0.1, -0.05) is 34.4 Å². The van der Waals surface area contributed by atoms with Crippen LogP contribution in [-0.2, 0) is 10.2 Å². The van der Waals surface area contributed by atoms with Crippen LogP contribution in [0, 0.1) is 6.92 Å². The van der Waals surface area contributed by atoms with E-state index in [0.717, 1.165) is 0 Å². The van der Waals surface area contributed by atoms with Crippen LogP contribution in [0.4, 0.5) is 18.9 Å². The summed E-state index contributed by atoms with van der Waals surface area (Å²) in [6.45, 7) is 1.54. The summed E-state index contributed by atoms with van der Waals surface area (Å²) in [6.07, 6.45) is -5.54. The molecule has 1 amide bonds. The Bertz CT molecular complexity index is 1320. The number of nitrogens with one attached hydrogen (secondary N) is 1. The third-order valence-electron chi connectivity index (χ3n) is 5.95. The first-order chi connectivity index (χ1) is 15.4. The van der Waals surface area contributed by atoms with E-state index in [2.05, 4.69) is 15.0 Å². The van der Waals surface area contributed by atoms with Gasteiger partial charge in [-0.3, -0.25) is 4.79 Å². The molecule has 1 heterocycles. The van der Waals surface area contributed by atoms with Crippen LogP contribution in [0.1, 0.15) is 30.5 Å². The van der Waals surface area contributed by atoms with Crippen LogP contribution in [0.25, 0.3) is 10.8 Å². The van der Waals surface area contributed by atoms with Crippen LogP contribution in [-0.4, -0.2) is 27.9 Å². The number of hydrogen-bond donors (Lipinski definition) is 2. The van der Waals surface area contributed by atoms with Gasteiger partial charge in [-0.05, 0) is 55.7 Å². The van der Waals surface area contributed by atoms with Gasteiger partial charge in [0.05, 0.1) is 11.1 Å². The topological polar surface area (TPSA) is 92.4 Å². The lowest BCUT2D eigenvalue weighted by Gasteiger charge is -2.33. The first-order valence-corrected chi connectivity index (χ1v) is 10.6. The van der Waals surface area contributed by atoms with Crippen molar-refractivity contribution >= 4 is 45.6 Å². The molecular weight excluding hydrogens is 484 g/mol. The number of benzene rings is 2. The lowest BCUT2D eigenvalue weighted by Crippen LogP contribution is -2.56. The number of fused-ring (bicyclic) bond motifs is 1. The van der Waals surface area contributed by atoms with Crippen LogP contribution in [0.3, 0.4) is 0 Å². The Morgan fingerprint density at radius 2 is 1.88 bits per heavy atom. The first-order valence-electron chi connectivity index (χ1n) is 9.83. The van der Waals surface area contributed by atoms with E-state index in [1.54, 1.807) is 0 Å². The zero-order valence-corrected chi connectivity index (χ0v) is 18.6. The van der Waals surface area contributed by atoms with E-state index in [0.29, 0.717) is 34.5 Å². The van der Waals surface area contributed by atoms with Gasteiger partial charge in [0.1, 0.15) is 0 Å². The quantitative estimate of drug-likeness (QED) is 0.504. The minimum absolute atomic E-state index is 0.0416. The van der Waals surface area contributed by atoms with Gasteiger partial charge in [-0.15, -0.1) is 0 Å². The maximum absolute atomic E-state index is 14.0. The molecule has 6 nitrogen and oxygen atoms in total.